The van der Waals surface area contributed by atoms with E-state index in [-0.39, 0.29) is 29.9 Å². The van der Waals surface area contributed by atoms with E-state index in [4.69, 9.17) is 13.7 Å². The van der Waals surface area contributed by atoms with Crippen LogP contribution in [-0.4, -0.2) is 80.7 Å². The van der Waals surface area contributed by atoms with E-state index in [1.54, 1.807) is 32.9 Å². The topological polar surface area (TPSA) is 157 Å². The number of amides is 3. The molecule has 12 nitrogen and oxygen atoms in total. The van der Waals surface area contributed by atoms with E-state index >= 15 is 0 Å². The zero-order chi connectivity index (χ0) is 34.2. The SMILES string of the molecule is CC[C@@H]1C[C@]1(NC(=O)[C@@H]1C[C@@H](OS(=O)(=O)c2ccc(Br)cc2)CN1C(=O)[C@@H](NC(=O)O[C@H]1CC(C)[C@@H](C)C1)C(C)(C)C)C(=O)OC. The molecule has 256 valence electrons. The van der Waals surface area contributed by atoms with Gasteiger partial charge in [0.1, 0.15) is 23.7 Å². The number of ether oxygens (including phenoxy) is 2. The highest BCUT2D eigenvalue weighted by Gasteiger charge is 2.62. The molecule has 1 aromatic rings. The number of halogens is 1. The van der Waals surface area contributed by atoms with E-state index in [1.165, 1.54) is 24.1 Å². The Hall–Kier alpha value is -2.71. The van der Waals surface area contributed by atoms with E-state index in [0.717, 1.165) is 12.8 Å². The van der Waals surface area contributed by atoms with Gasteiger partial charge in [-0.15, -0.1) is 0 Å². The second kappa shape index (κ2) is 13.8. The first-order valence-corrected chi connectivity index (χ1v) is 18.0. The molecule has 1 aliphatic heterocycles. The molecule has 0 spiro atoms. The van der Waals surface area contributed by atoms with Gasteiger partial charge in [-0.2, -0.15) is 8.42 Å². The van der Waals surface area contributed by atoms with E-state index in [9.17, 15) is 27.6 Å². The maximum atomic E-state index is 14.3. The van der Waals surface area contributed by atoms with Gasteiger partial charge in [-0.1, -0.05) is 63.9 Å². The largest absolute Gasteiger partial charge is 0.467 e. The van der Waals surface area contributed by atoms with Gasteiger partial charge in [0.05, 0.1) is 18.1 Å². The minimum absolute atomic E-state index is 0.0811. The van der Waals surface area contributed by atoms with Crippen molar-refractivity contribution in [3.63, 3.8) is 0 Å². The van der Waals surface area contributed by atoms with Crippen molar-refractivity contribution < 1.29 is 41.3 Å². The molecular formula is C32H46BrN3O9S. The fourth-order valence-corrected chi connectivity index (χ4v) is 7.90. The minimum Gasteiger partial charge on any atom is -0.467 e. The summed E-state index contributed by atoms with van der Waals surface area (Å²) in [7, 11) is -3.01. The molecule has 2 N–H and O–H groups in total. The molecule has 46 heavy (non-hydrogen) atoms. The van der Waals surface area contributed by atoms with Crippen molar-refractivity contribution in [2.24, 2.45) is 23.2 Å². The van der Waals surface area contributed by atoms with Crippen molar-refractivity contribution in [1.82, 2.24) is 15.5 Å². The lowest BCUT2D eigenvalue weighted by molar-refractivity contribution is -0.148. The zero-order valence-electron chi connectivity index (χ0n) is 27.5. The number of benzene rings is 1. The van der Waals surface area contributed by atoms with Gasteiger partial charge in [-0.25, -0.2) is 9.59 Å². The molecule has 8 atom stereocenters. The number of rotatable bonds is 10. The zero-order valence-corrected chi connectivity index (χ0v) is 29.9. The number of methoxy groups -OCH3 is 1. The lowest BCUT2D eigenvalue weighted by atomic mass is 9.85. The third kappa shape index (κ3) is 7.87. The van der Waals surface area contributed by atoms with Gasteiger partial charge in [-0.3, -0.25) is 13.8 Å². The van der Waals surface area contributed by atoms with Gasteiger partial charge < -0.3 is 25.0 Å². The number of carbonyl (C=O) groups excluding carboxylic acids is 4. The smallest absolute Gasteiger partial charge is 0.408 e. The number of esters is 1. The molecule has 0 aromatic heterocycles. The van der Waals surface area contributed by atoms with Crippen molar-refractivity contribution in [1.29, 1.82) is 0 Å². The van der Waals surface area contributed by atoms with Crippen LogP contribution in [0.4, 0.5) is 4.79 Å². The quantitative estimate of drug-likeness (QED) is 0.267. The van der Waals surface area contributed by atoms with Crippen LogP contribution in [0, 0.1) is 23.2 Å². The Morgan fingerprint density at radius 1 is 1.04 bits per heavy atom. The van der Waals surface area contributed by atoms with Gasteiger partial charge >= 0.3 is 12.1 Å². The van der Waals surface area contributed by atoms with Crippen molar-refractivity contribution in [3.05, 3.63) is 28.7 Å². The fourth-order valence-electron chi connectivity index (χ4n) is 6.56. The molecule has 3 aliphatic rings. The van der Waals surface area contributed by atoms with Crippen LogP contribution in [0.3, 0.4) is 0 Å². The van der Waals surface area contributed by atoms with Crippen LogP contribution < -0.4 is 10.6 Å². The number of likely N-dealkylation sites (tertiary alicyclic amines) is 1. The van der Waals surface area contributed by atoms with Crippen LogP contribution >= 0.6 is 15.9 Å². The number of nitrogens with one attached hydrogen (secondary N) is 2. The van der Waals surface area contributed by atoms with Crippen LogP contribution in [-0.2, 0) is 38.2 Å². The molecule has 1 saturated heterocycles. The highest BCUT2D eigenvalue weighted by Crippen LogP contribution is 2.47. The summed E-state index contributed by atoms with van der Waals surface area (Å²) in [5.74, 6) is -1.15. The van der Waals surface area contributed by atoms with E-state index < -0.39 is 63.1 Å². The lowest BCUT2D eigenvalue weighted by Crippen LogP contribution is -2.59. The van der Waals surface area contributed by atoms with Gasteiger partial charge in [0, 0.05) is 17.4 Å². The molecule has 3 amide bonds. The van der Waals surface area contributed by atoms with Gasteiger partial charge in [-0.05, 0) is 66.7 Å². The second-order valence-corrected chi connectivity index (χ2v) is 16.5. The Labute approximate surface area is 279 Å². The molecule has 1 unspecified atom stereocenters. The summed E-state index contributed by atoms with van der Waals surface area (Å²) in [5.41, 5.74) is -2.04. The fraction of sp³-hybridized carbons (Fsp3) is 0.688. The molecule has 3 fully saturated rings. The Bertz CT molecular complexity index is 1420. The number of hydrogen-bond donors (Lipinski definition) is 2. The van der Waals surface area contributed by atoms with Crippen molar-refractivity contribution >= 4 is 49.9 Å². The van der Waals surface area contributed by atoms with Crippen LogP contribution in [0.15, 0.2) is 33.6 Å². The number of nitrogens with zero attached hydrogens (tertiary/aromatic N) is 1. The van der Waals surface area contributed by atoms with E-state index in [0.29, 0.717) is 29.2 Å². The first-order valence-electron chi connectivity index (χ1n) is 15.8. The van der Waals surface area contributed by atoms with Crippen molar-refractivity contribution in [2.45, 2.75) is 108 Å². The summed E-state index contributed by atoms with van der Waals surface area (Å²) >= 11 is 3.28. The summed E-state index contributed by atoms with van der Waals surface area (Å²) < 4.78 is 43.3. The Kier molecular flexibility index (Phi) is 10.8. The molecule has 1 heterocycles. The summed E-state index contributed by atoms with van der Waals surface area (Å²) in [6.45, 7) is 11.2. The van der Waals surface area contributed by atoms with Crippen LogP contribution in [0.25, 0.3) is 0 Å². The predicted molar refractivity (Wildman–Crippen MR) is 172 cm³/mol. The first kappa shape index (κ1) is 36.1. The number of carbonyl (C=O) groups is 4. The molecule has 2 saturated carbocycles. The Morgan fingerprint density at radius 3 is 2.17 bits per heavy atom. The lowest BCUT2D eigenvalue weighted by Gasteiger charge is -2.35. The summed E-state index contributed by atoms with van der Waals surface area (Å²) in [4.78, 5) is 55.1. The first-order chi connectivity index (χ1) is 21.4. The van der Waals surface area contributed by atoms with Crippen LogP contribution in [0.2, 0.25) is 0 Å². The third-order valence-electron chi connectivity index (χ3n) is 9.60. The number of hydrogen-bond acceptors (Lipinski definition) is 9. The van der Waals surface area contributed by atoms with Crippen LogP contribution in [0.5, 0.6) is 0 Å². The predicted octanol–water partition coefficient (Wildman–Crippen LogP) is 4.16. The molecular weight excluding hydrogens is 682 g/mol. The van der Waals surface area contributed by atoms with Crippen LogP contribution in [0.1, 0.15) is 73.6 Å². The van der Waals surface area contributed by atoms with E-state index in [1.807, 2.05) is 6.92 Å². The van der Waals surface area contributed by atoms with E-state index in [2.05, 4.69) is 40.4 Å². The normalized spacial score (nSPS) is 30.0. The highest BCUT2D eigenvalue weighted by molar-refractivity contribution is 9.10. The standard InChI is InChI=1S/C32H46BrN3O9S/c1-8-20-16-32(20,29(39)43-7)35-27(37)25-15-23(45-46(41,42)24-11-9-21(33)10-12-24)17-36(25)28(38)26(31(4,5)6)34-30(40)44-22-13-18(2)19(3)14-22/h9-12,18-20,22-23,25-26H,8,13-17H2,1-7H3,(H,34,40)(H,35,37)/t18-,19?,20+,22+,23+,25-,26+,32+/m0/s1. The average molecular weight is 729 g/mol. The number of alkyl carbamates (subject to hydrolysis) is 1. The molecule has 1 aromatic carbocycles. The van der Waals surface area contributed by atoms with Gasteiger partial charge in [0.25, 0.3) is 10.1 Å². The third-order valence-corrected chi connectivity index (χ3v) is 11.5. The highest BCUT2D eigenvalue weighted by atomic mass is 79.9. The van der Waals surface area contributed by atoms with Gasteiger partial charge in [0.15, 0.2) is 0 Å². The summed E-state index contributed by atoms with van der Waals surface area (Å²) in [5, 5.41) is 5.54. The molecule has 0 bridgehead atoms. The molecule has 14 heteroatoms. The van der Waals surface area contributed by atoms with Crippen molar-refractivity contribution in [3.8, 4) is 0 Å². The van der Waals surface area contributed by atoms with Crippen molar-refractivity contribution in [2.75, 3.05) is 13.7 Å². The monoisotopic (exact) mass is 727 g/mol. The average Bonchev–Trinajstić information content (AvgIpc) is 3.38. The molecule has 2 aliphatic carbocycles. The van der Waals surface area contributed by atoms with Gasteiger partial charge in [0.2, 0.25) is 11.8 Å². The minimum atomic E-state index is -4.26. The molecule has 0 radical (unpaired) electrons. The Morgan fingerprint density at radius 2 is 1.65 bits per heavy atom. The summed E-state index contributed by atoms with van der Waals surface area (Å²) in [6, 6.07) is 3.60. The maximum Gasteiger partial charge on any atom is 0.408 e. The summed E-state index contributed by atoms with van der Waals surface area (Å²) in [6.07, 6.45) is 0.227. The molecule has 4 rings (SSSR count). The Balaban J connectivity index is 1.59. The second-order valence-electron chi connectivity index (χ2n) is 14.0. The maximum absolute atomic E-state index is 14.3.